The molecule has 4 rings (SSSR count). The van der Waals surface area contributed by atoms with Crippen molar-refractivity contribution >= 4 is 40.9 Å². The molecule has 8 nitrogen and oxygen atoms in total. The van der Waals surface area contributed by atoms with E-state index < -0.39 is 12.7 Å². The lowest BCUT2D eigenvalue weighted by molar-refractivity contribution is -0.141. The number of anilines is 1. The van der Waals surface area contributed by atoms with E-state index in [4.69, 9.17) is 32.4 Å². The third-order valence-electron chi connectivity index (χ3n) is 4.28. The van der Waals surface area contributed by atoms with Gasteiger partial charge >= 0.3 is 6.18 Å². The van der Waals surface area contributed by atoms with Crippen LogP contribution in [-0.2, 0) is 17.0 Å². The fourth-order valence-electron chi connectivity index (χ4n) is 2.91. The van der Waals surface area contributed by atoms with Crippen LogP contribution in [-0.4, -0.2) is 57.4 Å². The van der Waals surface area contributed by atoms with Crippen LogP contribution in [0.4, 0.5) is 19.1 Å². The standard InChI is InChI=1S/C17H15Cl2F3N6O2S/c18-10-1-2-11(12(19)7-10)14-24-23-13(30-14)8-31-16-26-25-15(27-3-5-29-6-4-27)28(16)9-17(20,21)22/h1-2,7H,3-6,8-9H2. The van der Waals surface area contributed by atoms with Gasteiger partial charge in [-0.3, -0.25) is 4.57 Å². The molecule has 1 fully saturated rings. The predicted octanol–water partition coefficient (Wildman–Crippen LogP) is 4.33. The molecule has 1 saturated heterocycles. The summed E-state index contributed by atoms with van der Waals surface area (Å²) in [6, 6.07) is 4.82. The molecule has 166 valence electrons. The molecule has 0 saturated carbocycles. The molecule has 1 aliphatic rings. The van der Waals surface area contributed by atoms with E-state index in [9.17, 15) is 13.2 Å². The number of rotatable bonds is 6. The molecule has 0 atom stereocenters. The molecular formula is C17H15Cl2F3N6O2S. The van der Waals surface area contributed by atoms with Gasteiger partial charge in [0.05, 0.1) is 29.6 Å². The van der Waals surface area contributed by atoms with Crippen molar-refractivity contribution < 1.29 is 22.3 Å². The minimum Gasteiger partial charge on any atom is -0.420 e. The lowest BCUT2D eigenvalue weighted by Gasteiger charge is -2.28. The summed E-state index contributed by atoms with van der Waals surface area (Å²) in [5, 5.41) is 16.7. The van der Waals surface area contributed by atoms with Crippen molar-refractivity contribution in [3.05, 3.63) is 34.1 Å². The van der Waals surface area contributed by atoms with Crippen LogP contribution < -0.4 is 4.90 Å². The molecule has 0 N–H and O–H groups in total. The highest BCUT2D eigenvalue weighted by Crippen LogP contribution is 2.32. The van der Waals surface area contributed by atoms with Crippen molar-refractivity contribution in [1.29, 1.82) is 0 Å². The lowest BCUT2D eigenvalue weighted by Crippen LogP contribution is -2.38. The molecule has 14 heteroatoms. The number of halogens is 5. The second kappa shape index (κ2) is 9.23. The highest BCUT2D eigenvalue weighted by atomic mass is 35.5. The number of alkyl halides is 3. The molecule has 0 radical (unpaired) electrons. The second-order valence-electron chi connectivity index (χ2n) is 6.50. The number of hydrogen-bond donors (Lipinski definition) is 0. The highest BCUT2D eigenvalue weighted by Gasteiger charge is 2.33. The van der Waals surface area contributed by atoms with Gasteiger partial charge in [0.1, 0.15) is 6.54 Å². The molecule has 3 aromatic rings. The van der Waals surface area contributed by atoms with Crippen LogP contribution >= 0.6 is 35.0 Å². The molecule has 0 unspecified atom stereocenters. The Bertz CT molecular complexity index is 1050. The smallest absolute Gasteiger partial charge is 0.406 e. The van der Waals surface area contributed by atoms with Gasteiger partial charge in [0.25, 0.3) is 0 Å². The molecule has 1 aromatic carbocycles. The quantitative estimate of drug-likeness (QED) is 0.468. The van der Waals surface area contributed by atoms with E-state index in [0.29, 0.717) is 41.9 Å². The average molecular weight is 495 g/mol. The Morgan fingerprint density at radius 3 is 2.55 bits per heavy atom. The Labute approximate surface area is 188 Å². The first-order valence-corrected chi connectivity index (χ1v) is 10.8. The first kappa shape index (κ1) is 22.2. The molecule has 1 aliphatic heterocycles. The Morgan fingerprint density at radius 2 is 1.84 bits per heavy atom. The van der Waals surface area contributed by atoms with E-state index in [1.165, 1.54) is 0 Å². The number of morpholine rings is 1. The van der Waals surface area contributed by atoms with Crippen LogP contribution in [0.2, 0.25) is 10.0 Å². The van der Waals surface area contributed by atoms with Gasteiger partial charge in [0.2, 0.25) is 17.7 Å². The number of hydrogen-bond acceptors (Lipinski definition) is 8. The van der Waals surface area contributed by atoms with E-state index in [1.807, 2.05) is 0 Å². The molecular weight excluding hydrogens is 480 g/mol. The summed E-state index contributed by atoms with van der Waals surface area (Å²) in [7, 11) is 0. The van der Waals surface area contributed by atoms with Gasteiger partial charge in [-0.2, -0.15) is 13.2 Å². The minimum absolute atomic E-state index is 0.100. The minimum atomic E-state index is -4.43. The lowest BCUT2D eigenvalue weighted by atomic mass is 10.2. The summed E-state index contributed by atoms with van der Waals surface area (Å²) in [5.41, 5.74) is 0.504. The van der Waals surface area contributed by atoms with E-state index in [-0.39, 0.29) is 28.6 Å². The topological polar surface area (TPSA) is 82.1 Å². The number of ether oxygens (including phenoxy) is 1. The summed E-state index contributed by atoms with van der Waals surface area (Å²) < 4.78 is 51.4. The van der Waals surface area contributed by atoms with Gasteiger partial charge in [-0.05, 0) is 18.2 Å². The maximum absolute atomic E-state index is 13.2. The maximum Gasteiger partial charge on any atom is 0.406 e. The van der Waals surface area contributed by atoms with Crippen molar-refractivity contribution in [3.63, 3.8) is 0 Å². The highest BCUT2D eigenvalue weighted by molar-refractivity contribution is 7.98. The Kier molecular flexibility index (Phi) is 6.60. The predicted molar refractivity (Wildman–Crippen MR) is 108 cm³/mol. The van der Waals surface area contributed by atoms with Crippen molar-refractivity contribution in [2.75, 3.05) is 31.2 Å². The summed E-state index contributed by atoms with van der Waals surface area (Å²) in [4.78, 5) is 1.72. The summed E-state index contributed by atoms with van der Waals surface area (Å²) in [5.74, 6) is 0.655. The van der Waals surface area contributed by atoms with Crippen molar-refractivity contribution in [2.24, 2.45) is 0 Å². The number of benzene rings is 1. The third kappa shape index (κ3) is 5.43. The fourth-order valence-corrected chi connectivity index (χ4v) is 4.17. The molecule has 0 aliphatic carbocycles. The Balaban J connectivity index is 1.52. The summed E-state index contributed by atoms with van der Waals surface area (Å²) in [6.45, 7) is 0.508. The first-order valence-electron chi connectivity index (χ1n) is 9.03. The Morgan fingerprint density at radius 1 is 1.06 bits per heavy atom. The fraction of sp³-hybridized carbons (Fsp3) is 0.412. The Hall–Kier alpha value is -2.02. The van der Waals surface area contributed by atoms with E-state index >= 15 is 0 Å². The molecule has 0 amide bonds. The van der Waals surface area contributed by atoms with E-state index in [1.54, 1.807) is 23.1 Å². The van der Waals surface area contributed by atoms with Crippen LogP contribution in [0.25, 0.3) is 11.5 Å². The summed E-state index contributed by atoms with van der Waals surface area (Å²) in [6.07, 6.45) is -4.43. The van der Waals surface area contributed by atoms with Crippen molar-refractivity contribution in [3.8, 4) is 11.5 Å². The van der Waals surface area contributed by atoms with E-state index in [0.717, 1.165) is 16.3 Å². The molecule has 3 heterocycles. The summed E-state index contributed by atoms with van der Waals surface area (Å²) >= 11 is 13.1. The first-order chi connectivity index (χ1) is 14.8. The van der Waals surface area contributed by atoms with Crippen LogP contribution in [0.15, 0.2) is 27.8 Å². The maximum atomic E-state index is 13.2. The number of thioether (sulfide) groups is 1. The number of aromatic nitrogens is 5. The van der Waals surface area contributed by atoms with Crippen LogP contribution in [0, 0.1) is 0 Å². The molecule has 0 spiro atoms. The molecule has 0 bridgehead atoms. The normalized spacial score (nSPS) is 14.9. The zero-order valence-electron chi connectivity index (χ0n) is 15.8. The SMILES string of the molecule is FC(F)(F)Cn1c(SCc2nnc(-c3ccc(Cl)cc3Cl)o2)nnc1N1CCOCC1. The van der Waals surface area contributed by atoms with Gasteiger partial charge in [-0.25, -0.2) is 0 Å². The zero-order valence-corrected chi connectivity index (χ0v) is 18.1. The van der Waals surface area contributed by atoms with Crippen LogP contribution in [0.1, 0.15) is 5.89 Å². The van der Waals surface area contributed by atoms with Gasteiger partial charge in [-0.15, -0.1) is 20.4 Å². The van der Waals surface area contributed by atoms with Gasteiger partial charge in [-0.1, -0.05) is 35.0 Å². The van der Waals surface area contributed by atoms with Gasteiger partial charge in [0, 0.05) is 18.1 Å². The number of nitrogens with zero attached hydrogens (tertiary/aromatic N) is 6. The van der Waals surface area contributed by atoms with Crippen LogP contribution in [0.3, 0.4) is 0 Å². The average Bonchev–Trinajstić information content (AvgIpc) is 3.33. The second-order valence-corrected chi connectivity index (χ2v) is 8.28. The molecule has 2 aromatic heterocycles. The van der Waals surface area contributed by atoms with Gasteiger partial charge in [0.15, 0.2) is 5.16 Å². The third-order valence-corrected chi connectivity index (χ3v) is 5.78. The zero-order chi connectivity index (χ0) is 22.0. The van der Waals surface area contributed by atoms with Crippen molar-refractivity contribution in [2.45, 2.75) is 23.6 Å². The van der Waals surface area contributed by atoms with E-state index in [2.05, 4.69) is 20.4 Å². The van der Waals surface area contributed by atoms with Gasteiger partial charge < -0.3 is 14.1 Å². The monoisotopic (exact) mass is 494 g/mol. The van der Waals surface area contributed by atoms with Crippen molar-refractivity contribution in [1.82, 2.24) is 25.0 Å². The molecule has 31 heavy (non-hydrogen) atoms. The largest absolute Gasteiger partial charge is 0.420 e. The van der Waals surface area contributed by atoms with Crippen LogP contribution in [0.5, 0.6) is 0 Å².